The van der Waals surface area contributed by atoms with E-state index in [1.54, 1.807) is 14.2 Å². The average molecular weight is 399 g/mol. The first-order valence-corrected chi connectivity index (χ1v) is 10.0. The number of benzene rings is 2. The predicted molar refractivity (Wildman–Crippen MR) is 111 cm³/mol. The van der Waals surface area contributed by atoms with E-state index in [4.69, 9.17) is 18.9 Å². The third-order valence-corrected chi connectivity index (χ3v) is 5.03. The summed E-state index contributed by atoms with van der Waals surface area (Å²) < 4.78 is 21.5. The zero-order valence-corrected chi connectivity index (χ0v) is 17.4. The molecule has 0 atom stereocenters. The molecule has 0 radical (unpaired) electrons. The van der Waals surface area contributed by atoms with Gasteiger partial charge in [-0.3, -0.25) is 4.79 Å². The number of amides is 1. The van der Waals surface area contributed by atoms with E-state index in [2.05, 4.69) is 6.92 Å². The summed E-state index contributed by atoms with van der Waals surface area (Å²) in [5.74, 6) is 3.06. The maximum atomic E-state index is 12.8. The normalized spacial score (nSPS) is 12.0. The van der Waals surface area contributed by atoms with Gasteiger partial charge in [0.25, 0.3) is 0 Å². The molecule has 1 heterocycles. The number of rotatable bonds is 10. The summed E-state index contributed by atoms with van der Waals surface area (Å²) in [5, 5.41) is 0. The smallest absolute Gasteiger partial charge is 0.231 e. The Kier molecular flexibility index (Phi) is 7.22. The minimum Gasteiger partial charge on any atom is -0.493 e. The molecule has 0 fully saturated rings. The first kappa shape index (κ1) is 20.8. The minimum absolute atomic E-state index is 0.171. The number of ether oxygens (including phenoxy) is 4. The summed E-state index contributed by atoms with van der Waals surface area (Å²) in [6.07, 6.45) is 3.20. The zero-order chi connectivity index (χ0) is 20.6. The summed E-state index contributed by atoms with van der Waals surface area (Å²) in [7, 11) is 3.25. The quantitative estimate of drug-likeness (QED) is 0.599. The van der Waals surface area contributed by atoms with Crippen LogP contribution in [0.25, 0.3) is 0 Å². The Morgan fingerprint density at radius 1 is 1.00 bits per heavy atom. The fraction of sp³-hybridized carbons (Fsp3) is 0.435. The molecular formula is C23H29NO5. The van der Waals surface area contributed by atoms with Gasteiger partial charge in [-0.2, -0.15) is 0 Å². The predicted octanol–water partition coefficient (Wildman–Crippen LogP) is 4.19. The number of methoxy groups -OCH3 is 2. The molecule has 0 N–H and O–H groups in total. The molecule has 6 nitrogen and oxygen atoms in total. The highest BCUT2D eigenvalue weighted by Crippen LogP contribution is 2.33. The van der Waals surface area contributed by atoms with Crippen LogP contribution in [0.3, 0.4) is 0 Å². The third-order valence-electron chi connectivity index (χ3n) is 5.03. The Morgan fingerprint density at radius 2 is 1.76 bits per heavy atom. The number of carbonyl (C=O) groups excluding carboxylic acids is 1. The molecular weight excluding hydrogens is 370 g/mol. The molecule has 29 heavy (non-hydrogen) atoms. The van der Waals surface area contributed by atoms with Gasteiger partial charge in [-0.25, -0.2) is 0 Å². The Bertz CT molecular complexity index is 836. The first-order valence-electron chi connectivity index (χ1n) is 10.0. The van der Waals surface area contributed by atoms with Crippen LogP contribution in [0, 0.1) is 0 Å². The second kappa shape index (κ2) is 10.0. The van der Waals surface area contributed by atoms with Gasteiger partial charge in [0.05, 0.1) is 14.2 Å². The Labute approximate surface area is 172 Å². The van der Waals surface area contributed by atoms with Crippen molar-refractivity contribution in [1.29, 1.82) is 0 Å². The molecule has 0 aromatic heterocycles. The van der Waals surface area contributed by atoms with Gasteiger partial charge in [-0.15, -0.1) is 0 Å². The van der Waals surface area contributed by atoms with E-state index in [0.29, 0.717) is 31.0 Å². The number of hydrogen-bond acceptors (Lipinski definition) is 5. The van der Waals surface area contributed by atoms with Gasteiger partial charge >= 0.3 is 0 Å². The van der Waals surface area contributed by atoms with Crippen LogP contribution in [0.1, 0.15) is 37.3 Å². The van der Waals surface area contributed by atoms with E-state index in [1.807, 2.05) is 41.3 Å². The number of hydrogen-bond donors (Lipinski definition) is 0. The molecule has 0 saturated heterocycles. The van der Waals surface area contributed by atoms with Crippen molar-refractivity contribution in [2.45, 2.75) is 39.2 Å². The molecule has 0 aliphatic carbocycles. The van der Waals surface area contributed by atoms with Crippen molar-refractivity contribution < 1.29 is 23.7 Å². The molecule has 0 bridgehead atoms. The Hall–Kier alpha value is -2.89. The highest BCUT2D eigenvalue weighted by Gasteiger charge is 2.18. The van der Waals surface area contributed by atoms with E-state index >= 15 is 0 Å². The van der Waals surface area contributed by atoms with Gasteiger partial charge in [0.2, 0.25) is 12.7 Å². The molecule has 156 valence electrons. The van der Waals surface area contributed by atoms with Gasteiger partial charge in [0.15, 0.2) is 23.0 Å². The van der Waals surface area contributed by atoms with Crippen molar-refractivity contribution in [2.75, 3.05) is 27.6 Å². The lowest BCUT2D eigenvalue weighted by Crippen LogP contribution is -2.32. The molecule has 2 aromatic rings. The molecule has 0 spiro atoms. The average Bonchev–Trinajstić information content (AvgIpc) is 3.22. The van der Waals surface area contributed by atoms with Crippen LogP contribution in [0.5, 0.6) is 23.0 Å². The summed E-state index contributed by atoms with van der Waals surface area (Å²) in [5.41, 5.74) is 2.13. The molecule has 1 aliphatic heterocycles. The lowest BCUT2D eigenvalue weighted by Gasteiger charge is -2.23. The van der Waals surface area contributed by atoms with Crippen LogP contribution in [-0.4, -0.2) is 38.4 Å². The maximum Gasteiger partial charge on any atom is 0.231 e. The van der Waals surface area contributed by atoms with Crippen LogP contribution in [0.2, 0.25) is 0 Å². The van der Waals surface area contributed by atoms with Crippen molar-refractivity contribution in [3.05, 3.63) is 47.5 Å². The summed E-state index contributed by atoms with van der Waals surface area (Å²) in [6.45, 7) is 3.52. The highest BCUT2D eigenvalue weighted by atomic mass is 16.7. The molecule has 1 aliphatic rings. The molecule has 6 heteroatoms. The number of unbranched alkanes of at least 4 members (excludes halogenated alkanes) is 1. The fourth-order valence-corrected chi connectivity index (χ4v) is 3.34. The molecule has 0 saturated carbocycles. The third kappa shape index (κ3) is 5.34. The van der Waals surface area contributed by atoms with E-state index in [0.717, 1.165) is 41.9 Å². The van der Waals surface area contributed by atoms with Crippen LogP contribution in [-0.2, 0) is 17.8 Å². The molecule has 0 unspecified atom stereocenters. The number of nitrogens with zero attached hydrogens (tertiary/aromatic N) is 1. The van der Waals surface area contributed by atoms with Crippen molar-refractivity contribution in [3.63, 3.8) is 0 Å². The van der Waals surface area contributed by atoms with Crippen LogP contribution < -0.4 is 18.9 Å². The van der Waals surface area contributed by atoms with Crippen molar-refractivity contribution in [1.82, 2.24) is 4.90 Å². The van der Waals surface area contributed by atoms with Crippen molar-refractivity contribution in [3.8, 4) is 23.0 Å². The summed E-state index contributed by atoms with van der Waals surface area (Å²) in [4.78, 5) is 14.7. The maximum absolute atomic E-state index is 12.8. The van der Waals surface area contributed by atoms with Gasteiger partial charge in [-0.1, -0.05) is 25.5 Å². The van der Waals surface area contributed by atoms with E-state index in [1.165, 1.54) is 0 Å². The Morgan fingerprint density at radius 3 is 2.52 bits per heavy atom. The van der Waals surface area contributed by atoms with E-state index in [9.17, 15) is 4.79 Å². The topological polar surface area (TPSA) is 57.2 Å². The van der Waals surface area contributed by atoms with Crippen LogP contribution in [0.15, 0.2) is 36.4 Å². The summed E-state index contributed by atoms with van der Waals surface area (Å²) in [6, 6.07) is 11.7. The molecule has 1 amide bonds. The Balaban J connectivity index is 1.71. The molecule has 3 rings (SSSR count). The highest BCUT2D eigenvalue weighted by molar-refractivity contribution is 5.76. The van der Waals surface area contributed by atoms with E-state index < -0.39 is 0 Å². The van der Waals surface area contributed by atoms with Gasteiger partial charge < -0.3 is 23.8 Å². The lowest BCUT2D eigenvalue weighted by atomic mass is 10.1. The number of carbonyl (C=O) groups is 1. The SMILES string of the molecule is CCCCC(=O)N(CCc1ccc(OC)c(OC)c1)Cc1ccc2c(c1)OCO2. The van der Waals surface area contributed by atoms with Gasteiger partial charge in [0.1, 0.15) is 0 Å². The lowest BCUT2D eigenvalue weighted by molar-refractivity contribution is -0.131. The van der Waals surface area contributed by atoms with Crippen molar-refractivity contribution in [2.24, 2.45) is 0 Å². The molecule has 2 aromatic carbocycles. The summed E-state index contributed by atoms with van der Waals surface area (Å²) >= 11 is 0. The van der Waals surface area contributed by atoms with Gasteiger partial charge in [-0.05, 0) is 48.2 Å². The zero-order valence-electron chi connectivity index (χ0n) is 17.4. The minimum atomic E-state index is 0.171. The second-order valence-corrected chi connectivity index (χ2v) is 7.05. The monoisotopic (exact) mass is 399 g/mol. The number of fused-ring (bicyclic) bond motifs is 1. The van der Waals surface area contributed by atoms with Crippen LogP contribution >= 0.6 is 0 Å². The van der Waals surface area contributed by atoms with Crippen molar-refractivity contribution >= 4 is 5.91 Å². The standard InChI is InChI=1S/C23H29NO5/c1-4-5-6-23(25)24(15-18-8-10-20-22(14-18)29-16-28-20)12-11-17-7-9-19(26-2)21(13-17)27-3/h7-10,13-14H,4-6,11-12,15-16H2,1-3H3. The first-order chi connectivity index (χ1) is 14.1. The fourth-order valence-electron chi connectivity index (χ4n) is 3.34. The largest absolute Gasteiger partial charge is 0.493 e. The van der Waals surface area contributed by atoms with E-state index in [-0.39, 0.29) is 12.7 Å². The van der Waals surface area contributed by atoms with Crippen LogP contribution in [0.4, 0.5) is 0 Å². The van der Waals surface area contributed by atoms with Gasteiger partial charge in [0, 0.05) is 19.5 Å². The second-order valence-electron chi connectivity index (χ2n) is 7.05.